The Morgan fingerprint density at radius 2 is 1.88 bits per heavy atom. The van der Waals surface area contributed by atoms with E-state index in [2.05, 4.69) is 5.32 Å². The van der Waals surface area contributed by atoms with Gasteiger partial charge in [0, 0.05) is 13.0 Å². The van der Waals surface area contributed by atoms with Crippen molar-refractivity contribution in [2.45, 2.75) is 25.7 Å². The van der Waals surface area contributed by atoms with Crippen LogP contribution < -0.4 is 14.8 Å². The minimum absolute atomic E-state index is 0.113. The molecule has 180 valence electrons. The summed E-state index contributed by atoms with van der Waals surface area (Å²) in [6, 6.07) is 10.6. The standard InChI is InChI=1S/C24H24Cl2N2O4S2/c1-31-18-11-10-15(13-19(18)32-2)14-20-23(30)28(24(33)34-20)12-5-3-4-9-21(29)27-17-8-6-7-16(25)22(17)26/h6-8,10-11,13-14H,3-5,9,12H2,1-2H3,(H,27,29)/b20-14-. The summed E-state index contributed by atoms with van der Waals surface area (Å²) in [4.78, 5) is 27.2. The molecule has 2 aromatic rings. The van der Waals surface area contributed by atoms with Crippen molar-refractivity contribution in [1.29, 1.82) is 0 Å². The van der Waals surface area contributed by atoms with Crippen LogP contribution in [0, 0.1) is 0 Å². The number of methoxy groups -OCH3 is 2. The molecule has 0 bridgehead atoms. The van der Waals surface area contributed by atoms with E-state index in [0.29, 0.717) is 55.8 Å². The summed E-state index contributed by atoms with van der Waals surface area (Å²) in [7, 11) is 3.14. The third-order valence-corrected chi connectivity index (χ3v) is 7.29. The molecule has 0 spiro atoms. The number of thioether (sulfide) groups is 1. The lowest BCUT2D eigenvalue weighted by atomic mass is 10.1. The molecule has 1 aliphatic rings. The van der Waals surface area contributed by atoms with Gasteiger partial charge < -0.3 is 14.8 Å². The van der Waals surface area contributed by atoms with Gasteiger partial charge in [0.1, 0.15) is 4.32 Å². The zero-order valence-corrected chi connectivity index (χ0v) is 21.9. The number of hydrogen-bond acceptors (Lipinski definition) is 6. The quantitative estimate of drug-likeness (QED) is 0.214. The van der Waals surface area contributed by atoms with Gasteiger partial charge in [-0.15, -0.1) is 0 Å². The van der Waals surface area contributed by atoms with E-state index in [0.717, 1.165) is 18.4 Å². The molecule has 3 rings (SSSR count). The van der Waals surface area contributed by atoms with Crippen molar-refractivity contribution in [1.82, 2.24) is 4.90 Å². The molecule has 1 aliphatic heterocycles. The molecule has 1 fully saturated rings. The molecule has 0 saturated carbocycles. The van der Waals surface area contributed by atoms with Crippen LogP contribution in [0.25, 0.3) is 6.08 Å². The molecular weight excluding hydrogens is 515 g/mol. The first-order chi connectivity index (χ1) is 16.3. The fourth-order valence-electron chi connectivity index (χ4n) is 3.33. The number of anilines is 1. The molecule has 0 aliphatic carbocycles. The van der Waals surface area contributed by atoms with E-state index < -0.39 is 0 Å². The van der Waals surface area contributed by atoms with Gasteiger partial charge in [-0.05, 0) is 48.7 Å². The second kappa shape index (κ2) is 12.4. The number of carbonyl (C=O) groups is 2. The molecule has 0 aromatic heterocycles. The molecule has 0 atom stereocenters. The Kier molecular flexibility index (Phi) is 9.64. The Bertz CT molecular complexity index is 1120. The fourth-order valence-corrected chi connectivity index (χ4v) is 4.99. The van der Waals surface area contributed by atoms with Crippen LogP contribution >= 0.6 is 47.2 Å². The average molecular weight is 540 g/mol. The van der Waals surface area contributed by atoms with E-state index in [1.807, 2.05) is 12.1 Å². The van der Waals surface area contributed by atoms with E-state index in [1.54, 1.807) is 49.5 Å². The van der Waals surface area contributed by atoms with Gasteiger partial charge in [0.25, 0.3) is 5.91 Å². The van der Waals surface area contributed by atoms with Crippen LogP contribution in [-0.4, -0.2) is 41.8 Å². The monoisotopic (exact) mass is 538 g/mol. The van der Waals surface area contributed by atoms with E-state index in [1.165, 1.54) is 11.8 Å². The summed E-state index contributed by atoms with van der Waals surface area (Å²) < 4.78 is 11.1. The summed E-state index contributed by atoms with van der Waals surface area (Å²) in [6.07, 6.45) is 4.34. The molecule has 0 radical (unpaired) electrons. The molecule has 10 heteroatoms. The topological polar surface area (TPSA) is 67.9 Å². The minimum atomic E-state index is -0.132. The number of nitrogens with one attached hydrogen (secondary N) is 1. The van der Waals surface area contributed by atoms with Gasteiger partial charge in [0.05, 0.1) is 34.9 Å². The lowest BCUT2D eigenvalue weighted by Gasteiger charge is -2.14. The maximum absolute atomic E-state index is 12.8. The first-order valence-electron chi connectivity index (χ1n) is 10.5. The average Bonchev–Trinajstić information content (AvgIpc) is 3.08. The van der Waals surface area contributed by atoms with Crippen molar-refractivity contribution in [3.63, 3.8) is 0 Å². The number of rotatable bonds is 10. The number of ether oxygens (including phenoxy) is 2. The highest BCUT2D eigenvalue weighted by Crippen LogP contribution is 2.35. The summed E-state index contributed by atoms with van der Waals surface area (Å²) in [6.45, 7) is 0.510. The molecule has 1 saturated heterocycles. The van der Waals surface area contributed by atoms with Gasteiger partial charge in [-0.2, -0.15) is 0 Å². The Morgan fingerprint density at radius 1 is 1.12 bits per heavy atom. The fraction of sp³-hybridized carbons (Fsp3) is 0.292. The largest absolute Gasteiger partial charge is 0.493 e. The van der Waals surface area contributed by atoms with Gasteiger partial charge in [0.15, 0.2) is 11.5 Å². The first-order valence-corrected chi connectivity index (χ1v) is 12.5. The van der Waals surface area contributed by atoms with Crippen LogP contribution in [-0.2, 0) is 9.59 Å². The number of benzene rings is 2. The lowest BCUT2D eigenvalue weighted by Crippen LogP contribution is -2.29. The molecule has 34 heavy (non-hydrogen) atoms. The van der Waals surface area contributed by atoms with Crippen LogP contribution in [0.4, 0.5) is 5.69 Å². The van der Waals surface area contributed by atoms with Crippen molar-refractivity contribution in [2.24, 2.45) is 0 Å². The number of hydrogen-bond donors (Lipinski definition) is 1. The highest BCUT2D eigenvalue weighted by molar-refractivity contribution is 8.26. The smallest absolute Gasteiger partial charge is 0.266 e. The molecule has 2 aromatic carbocycles. The van der Waals surface area contributed by atoms with Gasteiger partial charge in [-0.3, -0.25) is 14.5 Å². The summed E-state index contributed by atoms with van der Waals surface area (Å²) in [5, 5.41) is 3.49. The van der Waals surface area contributed by atoms with Crippen LogP contribution in [0.3, 0.4) is 0 Å². The summed E-state index contributed by atoms with van der Waals surface area (Å²) in [5.41, 5.74) is 1.32. The maximum Gasteiger partial charge on any atom is 0.266 e. The first kappa shape index (κ1) is 26.3. The zero-order valence-electron chi connectivity index (χ0n) is 18.7. The molecule has 2 amide bonds. The van der Waals surface area contributed by atoms with Crippen LogP contribution in [0.2, 0.25) is 10.0 Å². The van der Waals surface area contributed by atoms with Gasteiger partial charge in [-0.25, -0.2) is 0 Å². The van der Waals surface area contributed by atoms with Gasteiger partial charge in [0.2, 0.25) is 5.91 Å². The van der Waals surface area contributed by atoms with Crippen molar-refractivity contribution < 1.29 is 19.1 Å². The number of unbranched alkanes of at least 4 members (excludes halogenated alkanes) is 2. The second-order valence-electron chi connectivity index (χ2n) is 7.41. The lowest BCUT2D eigenvalue weighted by molar-refractivity contribution is -0.122. The van der Waals surface area contributed by atoms with Crippen molar-refractivity contribution in [3.05, 3.63) is 56.9 Å². The highest BCUT2D eigenvalue weighted by atomic mass is 35.5. The number of thiocarbonyl (C=S) groups is 1. The van der Waals surface area contributed by atoms with E-state index in [-0.39, 0.29) is 11.8 Å². The zero-order chi connectivity index (χ0) is 24.7. The number of amides is 2. The van der Waals surface area contributed by atoms with Gasteiger partial charge >= 0.3 is 0 Å². The molecule has 1 N–H and O–H groups in total. The Hall–Kier alpha value is -2.26. The molecule has 0 unspecified atom stereocenters. The molecular formula is C24H24Cl2N2O4S2. The Labute approximate surface area is 218 Å². The van der Waals surface area contributed by atoms with Crippen LogP contribution in [0.1, 0.15) is 31.2 Å². The van der Waals surface area contributed by atoms with Crippen LogP contribution in [0.15, 0.2) is 41.3 Å². The Morgan fingerprint density at radius 3 is 2.62 bits per heavy atom. The predicted molar refractivity (Wildman–Crippen MR) is 143 cm³/mol. The van der Waals surface area contributed by atoms with Crippen LogP contribution in [0.5, 0.6) is 11.5 Å². The molecule has 6 nitrogen and oxygen atoms in total. The van der Waals surface area contributed by atoms with Gasteiger partial charge in [-0.1, -0.05) is 65.7 Å². The number of nitrogens with zero attached hydrogens (tertiary/aromatic N) is 1. The number of halogens is 2. The third kappa shape index (κ3) is 6.66. The van der Waals surface area contributed by atoms with Crippen molar-refractivity contribution >= 4 is 75.1 Å². The second-order valence-corrected chi connectivity index (χ2v) is 9.87. The van der Waals surface area contributed by atoms with Crippen molar-refractivity contribution in [2.75, 3.05) is 26.1 Å². The highest BCUT2D eigenvalue weighted by Gasteiger charge is 2.31. The van der Waals surface area contributed by atoms with E-state index >= 15 is 0 Å². The summed E-state index contributed by atoms with van der Waals surface area (Å²) in [5.74, 6) is 0.968. The number of carbonyl (C=O) groups excluding carboxylic acids is 2. The third-order valence-electron chi connectivity index (χ3n) is 5.09. The Balaban J connectivity index is 1.47. The molecule has 1 heterocycles. The maximum atomic E-state index is 12.8. The minimum Gasteiger partial charge on any atom is -0.493 e. The predicted octanol–water partition coefficient (Wildman–Crippen LogP) is 6.41. The van der Waals surface area contributed by atoms with Crippen molar-refractivity contribution in [3.8, 4) is 11.5 Å². The van der Waals surface area contributed by atoms with E-state index in [9.17, 15) is 9.59 Å². The SMILES string of the molecule is COc1ccc(/C=C2\SC(=S)N(CCCCCC(=O)Nc3cccc(Cl)c3Cl)C2=O)cc1OC. The van der Waals surface area contributed by atoms with E-state index in [4.69, 9.17) is 44.9 Å². The summed E-state index contributed by atoms with van der Waals surface area (Å²) >= 11 is 18.8. The normalized spacial score (nSPS) is 14.6.